The first-order chi connectivity index (χ1) is 17.5. The van der Waals surface area contributed by atoms with Crippen LogP contribution in [0.1, 0.15) is 56.5 Å². The summed E-state index contributed by atoms with van der Waals surface area (Å²) in [7, 11) is -3.76. The van der Waals surface area contributed by atoms with Crippen molar-refractivity contribution in [1.82, 2.24) is 0 Å². The molecule has 0 saturated carbocycles. The van der Waals surface area contributed by atoms with Crippen LogP contribution in [0.15, 0.2) is 70.4 Å². The van der Waals surface area contributed by atoms with Gasteiger partial charge in [-0.15, -0.1) is 0 Å². The van der Waals surface area contributed by atoms with Crippen molar-refractivity contribution in [3.05, 3.63) is 72.2 Å². The summed E-state index contributed by atoms with van der Waals surface area (Å²) in [5.41, 5.74) is 0.858. The lowest BCUT2D eigenvalue weighted by molar-refractivity contribution is -0.155. The van der Waals surface area contributed by atoms with Crippen LogP contribution in [0.3, 0.4) is 0 Å². The van der Waals surface area contributed by atoms with E-state index in [0.717, 1.165) is 0 Å². The molecule has 0 aliphatic carbocycles. The first-order valence-corrected chi connectivity index (χ1v) is 13.6. The van der Waals surface area contributed by atoms with Crippen molar-refractivity contribution in [3.8, 4) is 16.9 Å². The zero-order valence-corrected chi connectivity index (χ0v) is 22.3. The van der Waals surface area contributed by atoms with E-state index in [4.69, 9.17) is 18.6 Å². The maximum atomic E-state index is 13.1. The van der Waals surface area contributed by atoms with E-state index >= 15 is 0 Å². The predicted octanol–water partition coefficient (Wildman–Crippen LogP) is 5.60. The Bertz CT molecular complexity index is 1300. The van der Waals surface area contributed by atoms with Crippen molar-refractivity contribution in [3.63, 3.8) is 0 Å². The van der Waals surface area contributed by atoms with Crippen LogP contribution in [-0.2, 0) is 29.9 Å². The fraction of sp³-hybridized carbons (Fsp3) is 0.357. The third-order valence-corrected chi connectivity index (χ3v) is 6.88. The molecule has 0 atom stereocenters. The highest BCUT2D eigenvalue weighted by atomic mass is 32.2. The average molecular weight is 529 g/mol. The van der Waals surface area contributed by atoms with Gasteiger partial charge in [0.1, 0.15) is 16.9 Å². The summed E-state index contributed by atoms with van der Waals surface area (Å²) >= 11 is 0. The van der Waals surface area contributed by atoms with E-state index in [1.807, 2.05) is 0 Å². The molecule has 1 heterocycles. The fourth-order valence-corrected chi connectivity index (χ4v) is 5.05. The van der Waals surface area contributed by atoms with Gasteiger partial charge in [-0.2, -0.15) is 0 Å². The number of hydrogen-bond donors (Lipinski definition) is 0. The molecule has 0 fully saturated rings. The lowest BCUT2D eigenvalue weighted by Crippen LogP contribution is -2.24. The second-order valence-electron chi connectivity index (χ2n) is 9.32. The van der Waals surface area contributed by atoms with E-state index in [-0.39, 0.29) is 47.4 Å². The van der Waals surface area contributed by atoms with E-state index < -0.39 is 27.2 Å². The van der Waals surface area contributed by atoms with E-state index in [1.54, 1.807) is 64.1 Å². The van der Waals surface area contributed by atoms with Crippen LogP contribution in [-0.4, -0.2) is 39.2 Å². The summed E-state index contributed by atoms with van der Waals surface area (Å²) in [5.74, 6) is -1.32. The second kappa shape index (κ2) is 12.1. The van der Waals surface area contributed by atoms with Crippen molar-refractivity contribution in [2.24, 2.45) is 0 Å². The number of benzene rings is 2. The van der Waals surface area contributed by atoms with Gasteiger partial charge in [-0.25, -0.2) is 13.2 Å². The Balaban J connectivity index is 1.98. The van der Waals surface area contributed by atoms with Gasteiger partial charge in [-0.3, -0.25) is 4.79 Å². The molecule has 0 aliphatic rings. The fourth-order valence-electron chi connectivity index (χ4n) is 3.66. The van der Waals surface area contributed by atoms with E-state index in [2.05, 4.69) is 0 Å². The van der Waals surface area contributed by atoms with Gasteiger partial charge in [0, 0.05) is 17.5 Å². The Kier molecular flexibility index (Phi) is 9.15. The molecule has 0 bridgehead atoms. The van der Waals surface area contributed by atoms with Gasteiger partial charge in [-0.1, -0.05) is 30.3 Å². The van der Waals surface area contributed by atoms with Crippen molar-refractivity contribution < 1.29 is 36.6 Å². The molecular weight excluding hydrogens is 496 g/mol. The van der Waals surface area contributed by atoms with E-state index in [9.17, 15) is 18.0 Å². The number of sulfone groups is 1. The highest BCUT2D eigenvalue weighted by molar-refractivity contribution is 7.90. The van der Waals surface area contributed by atoms with Crippen LogP contribution < -0.4 is 4.74 Å². The molecule has 8 nitrogen and oxygen atoms in total. The standard InChI is InChI=1S/C28H32O8S/c1-5-34-27(30)25-21(19-37(31,32)22-10-7-6-8-11-22)13-14-23(20-15-17-33-18-20)26(25)35-16-9-12-24(29)36-28(2,3)4/h6-8,10-11,13-15,17-18H,5,9,12,16,19H2,1-4H3. The molecule has 3 aromatic rings. The van der Waals surface area contributed by atoms with Crippen molar-refractivity contribution in [2.75, 3.05) is 13.2 Å². The maximum absolute atomic E-state index is 13.1. The van der Waals surface area contributed by atoms with Crippen LogP contribution >= 0.6 is 0 Å². The monoisotopic (exact) mass is 528 g/mol. The Morgan fingerprint density at radius 2 is 1.73 bits per heavy atom. The van der Waals surface area contributed by atoms with Crippen molar-refractivity contribution >= 4 is 21.8 Å². The van der Waals surface area contributed by atoms with Gasteiger partial charge in [0.05, 0.1) is 36.4 Å². The third-order valence-electron chi connectivity index (χ3n) is 5.20. The number of esters is 2. The van der Waals surface area contributed by atoms with E-state index in [1.165, 1.54) is 24.7 Å². The van der Waals surface area contributed by atoms with Gasteiger partial charge in [0.25, 0.3) is 0 Å². The molecule has 0 saturated heterocycles. The van der Waals surface area contributed by atoms with Crippen LogP contribution in [0.25, 0.3) is 11.1 Å². The highest BCUT2D eigenvalue weighted by Crippen LogP contribution is 2.37. The number of carbonyl (C=O) groups is 2. The molecule has 2 aromatic carbocycles. The number of carbonyl (C=O) groups excluding carboxylic acids is 2. The molecule has 0 unspecified atom stereocenters. The summed E-state index contributed by atoms with van der Waals surface area (Å²) in [6.45, 7) is 7.22. The van der Waals surface area contributed by atoms with Crippen LogP contribution in [0.5, 0.6) is 5.75 Å². The SMILES string of the molecule is CCOC(=O)c1c(CS(=O)(=O)c2ccccc2)ccc(-c2ccoc2)c1OCCCC(=O)OC(C)(C)C. The number of ether oxygens (including phenoxy) is 3. The molecule has 3 rings (SSSR count). The van der Waals surface area contributed by atoms with Gasteiger partial charge in [-0.05, 0) is 57.9 Å². The third kappa shape index (κ3) is 7.69. The van der Waals surface area contributed by atoms with Crippen LogP contribution in [0, 0.1) is 0 Å². The predicted molar refractivity (Wildman–Crippen MR) is 138 cm³/mol. The smallest absolute Gasteiger partial charge is 0.342 e. The zero-order chi connectivity index (χ0) is 27.1. The molecule has 198 valence electrons. The quantitative estimate of drug-likeness (QED) is 0.234. The molecule has 1 aromatic heterocycles. The molecule has 0 spiro atoms. The Morgan fingerprint density at radius 1 is 1.00 bits per heavy atom. The summed E-state index contributed by atoms with van der Waals surface area (Å²) in [4.78, 5) is 25.4. The lowest BCUT2D eigenvalue weighted by atomic mass is 9.99. The summed E-state index contributed by atoms with van der Waals surface area (Å²) < 4.78 is 48.2. The average Bonchev–Trinajstić information content (AvgIpc) is 3.36. The minimum atomic E-state index is -3.76. The molecule has 0 aliphatic heterocycles. The Labute approximate surface area is 217 Å². The second-order valence-corrected chi connectivity index (χ2v) is 11.3. The first kappa shape index (κ1) is 28.0. The molecule has 9 heteroatoms. The summed E-state index contributed by atoms with van der Waals surface area (Å²) in [6, 6.07) is 13.0. The highest BCUT2D eigenvalue weighted by Gasteiger charge is 2.27. The minimum absolute atomic E-state index is 0.0253. The molecular formula is C28H32O8S. The molecule has 0 radical (unpaired) electrons. The van der Waals surface area contributed by atoms with E-state index in [0.29, 0.717) is 17.5 Å². The normalized spacial score (nSPS) is 11.7. The first-order valence-electron chi connectivity index (χ1n) is 12.0. The number of furan rings is 1. The zero-order valence-electron chi connectivity index (χ0n) is 21.5. The van der Waals surface area contributed by atoms with Crippen molar-refractivity contribution in [1.29, 1.82) is 0 Å². The van der Waals surface area contributed by atoms with Crippen LogP contribution in [0.4, 0.5) is 0 Å². The maximum Gasteiger partial charge on any atom is 0.342 e. The molecule has 37 heavy (non-hydrogen) atoms. The molecule has 0 N–H and O–H groups in total. The lowest BCUT2D eigenvalue weighted by Gasteiger charge is -2.20. The number of rotatable bonds is 11. The Hall–Kier alpha value is -3.59. The topological polar surface area (TPSA) is 109 Å². The van der Waals surface area contributed by atoms with Gasteiger partial charge in [0.15, 0.2) is 9.84 Å². The van der Waals surface area contributed by atoms with Gasteiger partial charge < -0.3 is 18.6 Å². The largest absolute Gasteiger partial charge is 0.492 e. The number of hydrogen-bond acceptors (Lipinski definition) is 8. The van der Waals surface area contributed by atoms with Gasteiger partial charge >= 0.3 is 11.9 Å². The minimum Gasteiger partial charge on any atom is -0.492 e. The van der Waals surface area contributed by atoms with Crippen molar-refractivity contribution in [2.45, 2.75) is 56.8 Å². The van der Waals surface area contributed by atoms with Gasteiger partial charge in [0.2, 0.25) is 0 Å². The molecule has 0 amide bonds. The van der Waals surface area contributed by atoms with Crippen LogP contribution in [0.2, 0.25) is 0 Å². The summed E-state index contributed by atoms with van der Waals surface area (Å²) in [6.07, 6.45) is 3.43. The Morgan fingerprint density at radius 3 is 2.35 bits per heavy atom. The summed E-state index contributed by atoms with van der Waals surface area (Å²) in [5, 5.41) is 0.